The van der Waals surface area contributed by atoms with Crippen molar-refractivity contribution in [3.8, 4) is 0 Å². The first-order valence-electron chi connectivity index (χ1n) is 3.33. The van der Waals surface area contributed by atoms with Gasteiger partial charge < -0.3 is 4.57 Å². The molecule has 0 radical (unpaired) electrons. The van der Waals surface area contributed by atoms with Gasteiger partial charge in [-0.25, -0.2) is 4.98 Å². The van der Waals surface area contributed by atoms with E-state index in [0.29, 0.717) is 16.1 Å². The topological polar surface area (TPSA) is 30.7 Å². The Morgan fingerprint density at radius 3 is 2.75 bits per heavy atom. The first-order valence-corrected chi connectivity index (χ1v) is 4.08. The van der Waals surface area contributed by atoms with Gasteiger partial charge in [0, 0.05) is 7.05 Å². The monoisotopic (exact) mass is 201 g/mol. The Bertz CT molecular complexity index is 435. The van der Waals surface area contributed by atoms with E-state index in [2.05, 4.69) is 9.97 Å². The third kappa shape index (κ3) is 1.06. The average molecular weight is 202 g/mol. The van der Waals surface area contributed by atoms with E-state index >= 15 is 0 Å². The molecule has 62 valence electrons. The molecule has 0 unspecified atom stereocenters. The van der Waals surface area contributed by atoms with Crippen LogP contribution in [-0.4, -0.2) is 14.5 Å². The van der Waals surface area contributed by atoms with Crippen molar-refractivity contribution in [1.29, 1.82) is 0 Å². The molecule has 2 aromatic rings. The summed E-state index contributed by atoms with van der Waals surface area (Å²) in [4.78, 5) is 8.01. The minimum absolute atomic E-state index is 0.416. The minimum Gasteiger partial charge on any atom is -0.316 e. The molecule has 2 aromatic heterocycles. The van der Waals surface area contributed by atoms with Crippen molar-refractivity contribution in [2.45, 2.75) is 0 Å². The van der Waals surface area contributed by atoms with Crippen molar-refractivity contribution in [3.05, 3.63) is 22.6 Å². The van der Waals surface area contributed by atoms with Gasteiger partial charge in [0.2, 0.25) is 5.28 Å². The van der Waals surface area contributed by atoms with Crippen LogP contribution in [0.2, 0.25) is 10.4 Å². The van der Waals surface area contributed by atoms with E-state index in [9.17, 15) is 0 Å². The van der Waals surface area contributed by atoms with Crippen molar-refractivity contribution in [1.82, 2.24) is 14.5 Å². The lowest BCUT2D eigenvalue weighted by Gasteiger charge is -1.93. The zero-order valence-corrected chi connectivity index (χ0v) is 7.76. The lowest BCUT2D eigenvalue weighted by Crippen LogP contribution is -1.86. The summed E-state index contributed by atoms with van der Waals surface area (Å²) in [6.45, 7) is 0. The standard InChI is InChI=1S/C7H5Cl2N3/c1-12-4-2-3-5(8)10-6(4)11-7(12)9/h2-3H,1H3. The second kappa shape index (κ2) is 2.61. The van der Waals surface area contributed by atoms with Crippen molar-refractivity contribution in [2.75, 3.05) is 0 Å². The van der Waals surface area contributed by atoms with E-state index in [4.69, 9.17) is 23.2 Å². The lowest BCUT2D eigenvalue weighted by molar-refractivity contribution is 0.949. The fraction of sp³-hybridized carbons (Fsp3) is 0.143. The highest BCUT2D eigenvalue weighted by Crippen LogP contribution is 2.18. The lowest BCUT2D eigenvalue weighted by atomic mass is 10.4. The van der Waals surface area contributed by atoms with Crippen LogP contribution in [0.1, 0.15) is 0 Å². The van der Waals surface area contributed by atoms with Gasteiger partial charge >= 0.3 is 0 Å². The molecule has 5 heteroatoms. The normalized spacial score (nSPS) is 10.9. The highest BCUT2D eigenvalue weighted by atomic mass is 35.5. The van der Waals surface area contributed by atoms with Crippen molar-refractivity contribution < 1.29 is 0 Å². The first-order chi connectivity index (χ1) is 5.68. The van der Waals surface area contributed by atoms with E-state index in [0.717, 1.165) is 5.52 Å². The van der Waals surface area contributed by atoms with Crippen LogP contribution in [0, 0.1) is 0 Å². The smallest absolute Gasteiger partial charge is 0.205 e. The highest BCUT2D eigenvalue weighted by molar-refractivity contribution is 6.30. The van der Waals surface area contributed by atoms with Crippen LogP contribution >= 0.6 is 23.2 Å². The number of fused-ring (bicyclic) bond motifs is 1. The highest BCUT2D eigenvalue weighted by Gasteiger charge is 2.05. The fourth-order valence-corrected chi connectivity index (χ4v) is 1.34. The maximum Gasteiger partial charge on any atom is 0.205 e. The summed E-state index contributed by atoms with van der Waals surface area (Å²) in [5.41, 5.74) is 1.46. The third-order valence-corrected chi connectivity index (χ3v) is 2.21. The molecule has 3 nitrogen and oxygen atoms in total. The largest absolute Gasteiger partial charge is 0.316 e. The fourth-order valence-electron chi connectivity index (χ4n) is 1.02. The summed E-state index contributed by atoms with van der Waals surface area (Å²) in [5.74, 6) is 0. The summed E-state index contributed by atoms with van der Waals surface area (Å²) < 4.78 is 1.75. The average Bonchev–Trinajstić information content (AvgIpc) is 2.28. The van der Waals surface area contributed by atoms with E-state index in [1.54, 1.807) is 10.6 Å². The van der Waals surface area contributed by atoms with Gasteiger partial charge in [0.25, 0.3) is 0 Å². The predicted octanol–water partition coefficient (Wildman–Crippen LogP) is 2.28. The van der Waals surface area contributed by atoms with E-state index in [1.807, 2.05) is 13.1 Å². The van der Waals surface area contributed by atoms with Crippen molar-refractivity contribution >= 4 is 34.4 Å². The summed E-state index contributed by atoms with van der Waals surface area (Å²) in [6, 6.07) is 3.55. The summed E-state index contributed by atoms with van der Waals surface area (Å²) in [7, 11) is 1.83. The van der Waals surface area contributed by atoms with Crippen LogP contribution in [0.3, 0.4) is 0 Å². The Kier molecular flexibility index (Phi) is 1.70. The van der Waals surface area contributed by atoms with Crippen molar-refractivity contribution in [2.24, 2.45) is 7.05 Å². The van der Waals surface area contributed by atoms with Crippen LogP contribution in [0.15, 0.2) is 12.1 Å². The number of halogens is 2. The Balaban J connectivity index is 2.87. The van der Waals surface area contributed by atoms with Crippen LogP contribution in [-0.2, 0) is 7.05 Å². The van der Waals surface area contributed by atoms with E-state index < -0.39 is 0 Å². The molecule has 0 aliphatic rings. The zero-order chi connectivity index (χ0) is 8.72. The van der Waals surface area contributed by atoms with Gasteiger partial charge in [-0.3, -0.25) is 0 Å². The maximum absolute atomic E-state index is 5.77. The van der Waals surface area contributed by atoms with Gasteiger partial charge in [-0.1, -0.05) is 11.6 Å². The van der Waals surface area contributed by atoms with Gasteiger partial charge in [-0.05, 0) is 23.7 Å². The van der Waals surface area contributed by atoms with Crippen LogP contribution < -0.4 is 0 Å². The number of aromatic nitrogens is 3. The quantitative estimate of drug-likeness (QED) is 0.613. The van der Waals surface area contributed by atoms with E-state index in [-0.39, 0.29) is 0 Å². The molecule has 0 bridgehead atoms. The second-order valence-corrected chi connectivity index (χ2v) is 3.14. The number of hydrogen-bond acceptors (Lipinski definition) is 2. The molecule has 0 N–H and O–H groups in total. The number of aryl methyl sites for hydroxylation is 1. The Labute approximate surface area is 78.9 Å². The molecule has 0 aliphatic carbocycles. The molecule has 0 saturated carbocycles. The molecule has 0 spiro atoms. The van der Waals surface area contributed by atoms with Gasteiger partial charge in [-0.15, -0.1) is 0 Å². The summed E-state index contributed by atoms with van der Waals surface area (Å²) >= 11 is 11.4. The van der Waals surface area contributed by atoms with Gasteiger partial charge in [-0.2, -0.15) is 4.98 Å². The third-order valence-electron chi connectivity index (χ3n) is 1.66. The minimum atomic E-state index is 0.416. The molecule has 0 amide bonds. The van der Waals surface area contributed by atoms with Gasteiger partial charge in [0.1, 0.15) is 5.15 Å². The molecular weight excluding hydrogens is 197 g/mol. The molecule has 0 fully saturated rings. The zero-order valence-electron chi connectivity index (χ0n) is 6.25. The predicted molar refractivity (Wildman–Crippen MR) is 48.5 cm³/mol. The van der Waals surface area contributed by atoms with E-state index in [1.165, 1.54) is 0 Å². The van der Waals surface area contributed by atoms with Gasteiger partial charge in [0.05, 0.1) is 5.52 Å². The molecule has 0 saturated heterocycles. The number of pyridine rings is 1. The Morgan fingerprint density at radius 1 is 1.25 bits per heavy atom. The first kappa shape index (κ1) is 7.83. The molecule has 0 atom stereocenters. The maximum atomic E-state index is 5.77. The van der Waals surface area contributed by atoms with Crippen LogP contribution in [0.25, 0.3) is 11.2 Å². The summed E-state index contributed by atoms with van der Waals surface area (Å²) in [5, 5.41) is 0.844. The molecule has 2 rings (SSSR count). The second-order valence-electron chi connectivity index (χ2n) is 2.42. The Morgan fingerprint density at radius 2 is 2.00 bits per heavy atom. The molecule has 12 heavy (non-hydrogen) atoms. The molecule has 2 heterocycles. The van der Waals surface area contributed by atoms with Crippen LogP contribution in [0.5, 0.6) is 0 Å². The number of nitrogens with zero attached hydrogens (tertiary/aromatic N) is 3. The van der Waals surface area contributed by atoms with Gasteiger partial charge in [0.15, 0.2) is 5.65 Å². The molecular formula is C7H5Cl2N3. The van der Waals surface area contributed by atoms with Crippen molar-refractivity contribution in [3.63, 3.8) is 0 Å². The summed E-state index contributed by atoms with van der Waals surface area (Å²) in [6.07, 6.45) is 0. The van der Waals surface area contributed by atoms with Crippen LogP contribution in [0.4, 0.5) is 0 Å². The molecule has 0 aromatic carbocycles. The molecule has 0 aliphatic heterocycles. The number of imidazole rings is 1. The number of rotatable bonds is 0. The Hall–Kier alpha value is -0.800. The SMILES string of the molecule is Cn1c(Cl)nc2nc(Cl)ccc21. The number of hydrogen-bond donors (Lipinski definition) is 0.